The lowest BCUT2D eigenvalue weighted by atomic mass is 10.2. The maximum absolute atomic E-state index is 12.5. The number of piperazine rings is 1. The topological polar surface area (TPSA) is 75.4 Å². The third-order valence-corrected chi connectivity index (χ3v) is 5.72. The lowest BCUT2D eigenvalue weighted by Crippen LogP contribution is -2.49. The van der Waals surface area contributed by atoms with Gasteiger partial charge in [0.2, 0.25) is 17.6 Å². The van der Waals surface area contributed by atoms with E-state index in [1.54, 1.807) is 17.4 Å². The number of hydrogen-bond acceptors (Lipinski definition) is 7. The summed E-state index contributed by atoms with van der Waals surface area (Å²) in [5.74, 6) is 2.21. The molecule has 0 saturated carbocycles. The van der Waals surface area contributed by atoms with Crippen LogP contribution in [-0.4, -0.2) is 52.1 Å². The fraction of sp³-hybridized carbons (Fsp3) is 0.368. The Labute approximate surface area is 171 Å². The molecule has 0 aliphatic carbocycles. The van der Waals surface area contributed by atoms with Gasteiger partial charge in [0, 0.05) is 39.0 Å². The van der Waals surface area contributed by atoms with Crippen molar-refractivity contribution < 1.29 is 9.32 Å². The number of thiophene rings is 1. The molecule has 0 spiro atoms. The largest absolute Gasteiger partial charge is 0.353 e. The van der Waals surface area contributed by atoms with Crippen LogP contribution < -0.4 is 4.90 Å². The molecular weight excluding hydrogens is 398 g/mol. The molecule has 1 fully saturated rings. The number of anilines is 1. The van der Waals surface area contributed by atoms with E-state index in [1.165, 1.54) is 0 Å². The van der Waals surface area contributed by atoms with Gasteiger partial charge in [-0.15, -0.1) is 11.3 Å². The lowest BCUT2D eigenvalue weighted by Gasteiger charge is -2.35. The number of hydrogen-bond donors (Lipinski definition) is 0. The zero-order valence-corrected chi connectivity index (χ0v) is 16.8. The van der Waals surface area contributed by atoms with Crippen LogP contribution >= 0.6 is 22.9 Å². The van der Waals surface area contributed by atoms with Gasteiger partial charge in [-0.1, -0.05) is 28.9 Å². The van der Waals surface area contributed by atoms with Crippen molar-refractivity contribution in [3.63, 3.8) is 0 Å². The van der Waals surface area contributed by atoms with E-state index in [2.05, 4.69) is 20.0 Å². The molecule has 1 aliphatic rings. The van der Waals surface area contributed by atoms with E-state index in [-0.39, 0.29) is 5.91 Å². The molecule has 4 heterocycles. The van der Waals surface area contributed by atoms with Crippen LogP contribution in [0.15, 0.2) is 40.2 Å². The van der Waals surface area contributed by atoms with Crippen molar-refractivity contribution in [1.29, 1.82) is 0 Å². The lowest BCUT2D eigenvalue weighted by molar-refractivity contribution is -0.131. The molecule has 4 rings (SSSR count). The number of nitrogens with zero attached hydrogens (tertiary/aromatic N) is 5. The maximum Gasteiger partial charge on any atom is 0.226 e. The molecule has 1 aliphatic heterocycles. The van der Waals surface area contributed by atoms with Crippen molar-refractivity contribution in [2.24, 2.45) is 0 Å². The highest BCUT2D eigenvalue weighted by Crippen LogP contribution is 2.22. The number of pyridine rings is 1. The number of rotatable bonds is 6. The molecule has 0 bridgehead atoms. The summed E-state index contributed by atoms with van der Waals surface area (Å²) in [5, 5.41) is 6.46. The minimum absolute atomic E-state index is 0.164. The van der Waals surface area contributed by atoms with Crippen LogP contribution in [-0.2, 0) is 11.2 Å². The summed E-state index contributed by atoms with van der Waals surface area (Å²) in [4.78, 5) is 26.3. The molecule has 7 nitrogen and oxygen atoms in total. The molecule has 9 heteroatoms. The number of halogens is 1. The van der Waals surface area contributed by atoms with Gasteiger partial charge in [-0.05, 0) is 30.0 Å². The van der Waals surface area contributed by atoms with Crippen molar-refractivity contribution in [2.45, 2.75) is 19.3 Å². The van der Waals surface area contributed by atoms with E-state index in [9.17, 15) is 4.79 Å². The second-order valence-corrected chi connectivity index (χ2v) is 7.86. The van der Waals surface area contributed by atoms with Gasteiger partial charge in [-0.25, -0.2) is 4.98 Å². The van der Waals surface area contributed by atoms with Crippen LogP contribution in [0, 0.1) is 0 Å². The molecular formula is C19H20ClN5O2S. The molecule has 0 radical (unpaired) electrons. The highest BCUT2D eigenvalue weighted by molar-refractivity contribution is 7.13. The van der Waals surface area contributed by atoms with E-state index in [0.29, 0.717) is 49.2 Å². The van der Waals surface area contributed by atoms with Crippen molar-refractivity contribution in [2.75, 3.05) is 31.1 Å². The molecule has 1 amide bonds. The van der Waals surface area contributed by atoms with E-state index < -0.39 is 0 Å². The Morgan fingerprint density at radius 3 is 2.75 bits per heavy atom. The molecule has 146 valence electrons. The summed E-state index contributed by atoms with van der Waals surface area (Å²) in [5.41, 5.74) is 0. The van der Waals surface area contributed by atoms with Gasteiger partial charge in [0.1, 0.15) is 11.0 Å². The maximum atomic E-state index is 12.5. The van der Waals surface area contributed by atoms with E-state index >= 15 is 0 Å². The molecule has 0 N–H and O–H groups in total. The average molecular weight is 418 g/mol. The predicted octanol–water partition coefficient (Wildman–Crippen LogP) is 3.52. The highest BCUT2D eigenvalue weighted by atomic mass is 35.5. The average Bonchev–Trinajstić information content (AvgIpc) is 3.40. The molecule has 0 aromatic carbocycles. The molecule has 0 atom stereocenters. The fourth-order valence-electron chi connectivity index (χ4n) is 3.17. The van der Waals surface area contributed by atoms with Crippen molar-refractivity contribution in [1.82, 2.24) is 20.0 Å². The fourth-order valence-corrected chi connectivity index (χ4v) is 3.98. The first kappa shape index (κ1) is 18.9. The number of amides is 1. The number of aromatic nitrogens is 3. The third kappa shape index (κ3) is 4.51. The number of aryl methyl sites for hydroxylation is 1. The van der Waals surface area contributed by atoms with Crippen LogP contribution in [0.3, 0.4) is 0 Å². The first-order chi connectivity index (χ1) is 13.7. The molecule has 3 aromatic rings. The summed E-state index contributed by atoms with van der Waals surface area (Å²) >= 11 is 7.54. The SMILES string of the molecule is O=C(CCCc1nc(-c2cccs2)no1)N1CCN(c2cccc(Cl)n2)CC1. The van der Waals surface area contributed by atoms with Gasteiger partial charge >= 0.3 is 0 Å². The van der Waals surface area contributed by atoms with Gasteiger partial charge in [0.15, 0.2) is 0 Å². The predicted molar refractivity (Wildman–Crippen MR) is 109 cm³/mol. The first-order valence-electron chi connectivity index (χ1n) is 9.21. The van der Waals surface area contributed by atoms with Crippen LogP contribution in [0.4, 0.5) is 5.82 Å². The van der Waals surface area contributed by atoms with Crippen molar-refractivity contribution in [3.05, 3.63) is 46.8 Å². The van der Waals surface area contributed by atoms with E-state index in [0.717, 1.165) is 23.8 Å². The molecule has 1 saturated heterocycles. The molecule has 0 unspecified atom stereocenters. The second kappa shape index (κ2) is 8.70. The van der Waals surface area contributed by atoms with Crippen molar-refractivity contribution >= 4 is 34.7 Å². The van der Waals surface area contributed by atoms with Gasteiger partial charge in [-0.3, -0.25) is 4.79 Å². The Morgan fingerprint density at radius 2 is 2.00 bits per heavy atom. The molecule has 28 heavy (non-hydrogen) atoms. The molecule has 3 aromatic heterocycles. The zero-order chi connectivity index (χ0) is 19.3. The number of carbonyl (C=O) groups excluding carboxylic acids is 1. The van der Waals surface area contributed by atoms with Crippen LogP contribution in [0.2, 0.25) is 5.15 Å². The minimum Gasteiger partial charge on any atom is -0.353 e. The second-order valence-electron chi connectivity index (χ2n) is 6.53. The van der Waals surface area contributed by atoms with Gasteiger partial charge < -0.3 is 14.3 Å². The van der Waals surface area contributed by atoms with Gasteiger partial charge in [0.05, 0.1) is 4.88 Å². The summed E-state index contributed by atoms with van der Waals surface area (Å²) in [6.45, 7) is 2.89. The standard InChI is InChI=1S/C19H20ClN5O2S/c20-15-5-1-6-16(21-15)24-9-11-25(12-10-24)18(26)8-2-7-17-22-19(23-27-17)14-4-3-13-28-14/h1,3-6,13H,2,7-12H2. The smallest absolute Gasteiger partial charge is 0.226 e. The van der Waals surface area contributed by atoms with Gasteiger partial charge in [-0.2, -0.15) is 4.98 Å². The first-order valence-corrected chi connectivity index (χ1v) is 10.5. The Bertz CT molecular complexity index is 922. The number of carbonyl (C=O) groups is 1. The quantitative estimate of drug-likeness (QED) is 0.571. The van der Waals surface area contributed by atoms with Crippen LogP contribution in [0.1, 0.15) is 18.7 Å². The summed E-state index contributed by atoms with van der Waals surface area (Å²) in [6, 6.07) is 9.51. The van der Waals surface area contributed by atoms with Crippen LogP contribution in [0.25, 0.3) is 10.7 Å². The monoisotopic (exact) mass is 417 g/mol. The minimum atomic E-state index is 0.164. The Hall–Kier alpha value is -2.45. The summed E-state index contributed by atoms with van der Waals surface area (Å²) < 4.78 is 5.28. The third-order valence-electron chi connectivity index (χ3n) is 4.65. The van der Waals surface area contributed by atoms with Crippen LogP contribution in [0.5, 0.6) is 0 Å². The van der Waals surface area contributed by atoms with E-state index in [4.69, 9.17) is 16.1 Å². The zero-order valence-electron chi connectivity index (χ0n) is 15.3. The summed E-state index contributed by atoms with van der Waals surface area (Å²) in [7, 11) is 0. The summed E-state index contributed by atoms with van der Waals surface area (Å²) in [6.07, 6.45) is 1.78. The van der Waals surface area contributed by atoms with Crippen molar-refractivity contribution in [3.8, 4) is 10.7 Å². The highest BCUT2D eigenvalue weighted by Gasteiger charge is 2.22. The Balaban J connectivity index is 1.22. The van der Waals surface area contributed by atoms with Gasteiger partial charge in [0.25, 0.3) is 0 Å². The van der Waals surface area contributed by atoms with E-state index in [1.807, 2.05) is 34.5 Å². The normalized spacial score (nSPS) is 14.5. The Kier molecular flexibility index (Phi) is 5.87. The Morgan fingerprint density at radius 1 is 1.14 bits per heavy atom.